The zero-order valence-corrected chi connectivity index (χ0v) is 8.45. The number of aliphatic hydroxyl groups excluding tert-OH is 1. The Bertz CT molecular complexity index is 454. The maximum absolute atomic E-state index is 12.9. The van der Waals surface area contributed by atoms with Crippen molar-refractivity contribution in [1.29, 1.82) is 5.26 Å². The normalized spacial score (nSPS) is 19.3. The van der Waals surface area contributed by atoms with Crippen LogP contribution in [0.15, 0.2) is 6.20 Å². The maximum Gasteiger partial charge on any atom is 0.265 e. The molecule has 1 heterocycles. The summed E-state index contributed by atoms with van der Waals surface area (Å²) in [4.78, 5) is 3.91. The van der Waals surface area contributed by atoms with Crippen LogP contribution < -0.4 is 0 Å². The molecule has 0 saturated heterocycles. The Morgan fingerprint density at radius 3 is 2.94 bits per heavy atom. The lowest BCUT2D eigenvalue weighted by Crippen LogP contribution is -2.15. The predicted octanol–water partition coefficient (Wildman–Crippen LogP) is 2.26. The van der Waals surface area contributed by atoms with Crippen LogP contribution in [0.4, 0.5) is 8.78 Å². The van der Waals surface area contributed by atoms with Crippen molar-refractivity contribution in [2.24, 2.45) is 0 Å². The molecule has 3 nitrogen and oxygen atoms in total. The number of nitriles is 1. The molecule has 0 bridgehead atoms. The molecule has 1 N–H and O–H groups in total. The van der Waals surface area contributed by atoms with Crippen molar-refractivity contribution in [3.63, 3.8) is 0 Å². The molecule has 1 aliphatic rings. The number of pyridine rings is 1. The molecule has 0 aliphatic heterocycles. The monoisotopic (exact) mass is 224 g/mol. The summed E-state index contributed by atoms with van der Waals surface area (Å²) in [5, 5.41) is 18.4. The van der Waals surface area contributed by atoms with E-state index in [9.17, 15) is 13.9 Å². The van der Waals surface area contributed by atoms with Gasteiger partial charge in [0.25, 0.3) is 6.43 Å². The van der Waals surface area contributed by atoms with Crippen LogP contribution in [0.1, 0.15) is 47.8 Å². The number of aromatic nitrogens is 1. The van der Waals surface area contributed by atoms with Crippen molar-refractivity contribution in [2.75, 3.05) is 0 Å². The fourth-order valence-electron chi connectivity index (χ4n) is 2.08. The molecule has 0 fully saturated rings. The summed E-state index contributed by atoms with van der Waals surface area (Å²) in [6.07, 6.45) is -0.728. The summed E-state index contributed by atoms with van der Waals surface area (Å²) in [6, 6.07) is 1.72. The molecule has 1 atom stereocenters. The molecular weight excluding hydrogens is 214 g/mol. The second-order valence-corrected chi connectivity index (χ2v) is 3.77. The van der Waals surface area contributed by atoms with Gasteiger partial charge in [-0.1, -0.05) is 0 Å². The molecule has 1 aromatic rings. The zero-order chi connectivity index (χ0) is 11.7. The van der Waals surface area contributed by atoms with E-state index in [-0.39, 0.29) is 11.1 Å². The minimum Gasteiger partial charge on any atom is -0.387 e. The summed E-state index contributed by atoms with van der Waals surface area (Å²) < 4.78 is 25.7. The Morgan fingerprint density at radius 1 is 1.56 bits per heavy atom. The quantitative estimate of drug-likeness (QED) is 0.796. The molecule has 84 valence electrons. The number of alkyl halides is 2. The molecule has 0 saturated carbocycles. The minimum atomic E-state index is -2.70. The van der Waals surface area contributed by atoms with Crippen LogP contribution in [0.25, 0.3) is 0 Å². The molecule has 0 amide bonds. The Morgan fingerprint density at radius 2 is 2.31 bits per heavy atom. The number of nitrogens with zero attached hydrogens (tertiary/aromatic N) is 2. The van der Waals surface area contributed by atoms with E-state index < -0.39 is 12.5 Å². The summed E-state index contributed by atoms with van der Waals surface area (Å²) in [7, 11) is 0. The van der Waals surface area contributed by atoms with Gasteiger partial charge in [0.1, 0.15) is 6.07 Å². The molecule has 2 rings (SSSR count). The summed E-state index contributed by atoms with van der Waals surface area (Å²) in [6.45, 7) is 0. The highest BCUT2D eigenvalue weighted by Crippen LogP contribution is 2.35. The highest BCUT2D eigenvalue weighted by atomic mass is 19.3. The lowest BCUT2D eigenvalue weighted by molar-refractivity contribution is 0.138. The molecule has 0 spiro atoms. The predicted molar refractivity (Wildman–Crippen MR) is 51.8 cm³/mol. The Labute approximate surface area is 91.4 Å². The Hall–Kier alpha value is -1.54. The van der Waals surface area contributed by atoms with Gasteiger partial charge in [0.2, 0.25) is 0 Å². The average molecular weight is 224 g/mol. The molecule has 1 unspecified atom stereocenters. The van der Waals surface area contributed by atoms with Gasteiger partial charge >= 0.3 is 0 Å². The van der Waals surface area contributed by atoms with Gasteiger partial charge in [-0.25, -0.2) is 8.78 Å². The van der Waals surface area contributed by atoms with Crippen LogP contribution in [0.5, 0.6) is 0 Å². The first-order valence-corrected chi connectivity index (χ1v) is 5.03. The fourth-order valence-corrected chi connectivity index (χ4v) is 2.08. The topological polar surface area (TPSA) is 56.9 Å². The van der Waals surface area contributed by atoms with E-state index in [1.54, 1.807) is 6.07 Å². The van der Waals surface area contributed by atoms with Crippen LogP contribution in [-0.4, -0.2) is 10.1 Å². The third-order valence-electron chi connectivity index (χ3n) is 2.82. The van der Waals surface area contributed by atoms with Crippen LogP contribution >= 0.6 is 0 Å². The lowest BCUT2D eigenvalue weighted by Gasteiger charge is -2.22. The highest BCUT2D eigenvalue weighted by molar-refractivity contribution is 5.45. The fraction of sp³-hybridized carbons (Fsp3) is 0.455. The summed E-state index contributed by atoms with van der Waals surface area (Å²) in [5.74, 6) is 0. The van der Waals surface area contributed by atoms with Crippen molar-refractivity contribution in [2.45, 2.75) is 31.8 Å². The lowest BCUT2D eigenvalue weighted by atomic mass is 9.89. The highest BCUT2D eigenvalue weighted by Gasteiger charge is 2.27. The third kappa shape index (κ3) is 1.65. The smallest absolute Gasteiger partial charge is 0.265 e. The zero-order valence-electron chi connectivity index (χ0n) is 8.45. The van der Waals surface area contributed by atoms with E-state index in [2.05, 4.69) is 4.98 Å². The SMILES string of the molecule is N#Cc1cnc2c(c1C(F)F)CCCC2O. The van der Waals surface area contributed by atoms with E-state index >= 15 is 0 Å². The van der Waals surface area contributed by atoms with Crippen LogP contribution in [0, 0.1) is 11.3 Å². The van der Waals surface area contributed by atoms with Gasteiger partial charge in [-0.05, 0) is 24.8 Å². The minimum absolute atomic E-state index is 0.0946. The average Bonchev–Trinajstić information content (AvgIpc) is 2.27. The third-order valence-corrected chi connectivity index (χ3v) is 2.82. The van der Waals surface area contributed by atoms with Crippen LogP contribution in [-0.2, 0) is 6.42 Å². The van der Waals surface area contributed by atoms with Gasteiger partial charge in [0.15, 0.2) is 0 Å². The first-order valence-electron chi connectivity index (χ1n) is 5.03. The van der Waals surface area contributed by atoms with Crippen LogP contribution in [0.2, 0.25) is 0 Å². The van der Waals surface area contributed by atoms with Crippen LogP contribution in [0.3, 0.4) is 0 Å². The molecule has 1 aliphatic carbocycles. The molecule has 0 aromatic carbocycles. The van der Waals surface area contributed by atoms with Crippen molar-refractivity contribution in [1.82, 2.24) is 4.98 Å². The first kappa shape index (κ1) is 11.0. The molecular formula is C11H10F2N2O. The first-order chi connectivity index (χ1) is 7.65. The van der Waals surface area contributed by atoms with Crippen molar-refractivity contribution < 1.29 is 13.9 Å². The number of aliphatic hydroxyl groups is 1. The summed E-state index contributed by atoms with van der Waals surface area (Å²) in [5.41, 5.74) is 0.308. The van der Waals surface area contributed by atoms with Crippen molar-refractivity contribution in [3.8, 4) is 6.07 Å². The van der Waals surface area contributed by atoms with Gasteiger partial charge in [-0.15, -0.1) is 0 Å². The maximum atomic E-state index is 12.9. The van der Waals surface area contributed by atoms with E-state index in [1.165, 1.54) is 0 Å². The van der Waals surface area contributed by atoms with Crippen molar-refractivity contribution in [3.05, 3.63) is 28.6 Å². The van der Waals surface area contributed by atoms with E-state index in [0.717, 1.165) is 6.20 Å². The largest absolute Gasteiger partial charge is 0.387 e. The molecule has 5 heteroatoms. The van der Waals surface area contributed by atoms with E-state index in [4.69, 9.17) is 5.26 Å². The van der Waals surface area contributed by atoms with Gasteiger partial charge in [-0.3, -0.25) is 4.98 Å². The molecule has 16 heavy (non-hydrogen) atoms. The van der Waals surface area contributed by atoms with E-state index in [1.807, 2.05) is 0 Å². The standard InChI is InChI=1S/C11H10F2N2O/c12-11(13)9-6(4-14)5-15-10-7(9)2-1-3-8(10)16/h5,8,11,16H,1-3H2. The second kappa shape index (κ2) is 4.14. The van der Waals surface area contributed by atoms with Gasteiger partial charge in [0, 0.05) is 11.8 Å². The molecule has 1 aromatic heterocycles. The van der Waals surface area contributed by atoms with Crippen molar-refractivity contribution >= 4 is 0 Å². The van der Waals surface area contributed by atoms with Gasteiger partial charge in [0.05, 0.1) is 17.4 Å². The van der Waals surface area contributed by atoms with Gasteiger partial charge < -0.3 is 5.11 Å². The second-order valence-electron chi connectivity index (χ2n) is 3.77. The number of rotatable bonds is 1. The number of halogens is 2. The van der Waals surface area contributed by atoms with Gasteiger partial charge in [-0.2, -0.15) is 5.26 Å². The number of hydrogen-bond donors (Lipinski definition) is 1. The Balaban J connectivity index is 2.64. The van der Waals surface area contributed by atoms with E-state index in [0.29, 0.717) is 30.5 Å². The Kier molecular flexibility index (Phi) is 2.84. The number of hydrogen-bond acceptors (Lipinski definition) is 3. The molecule has 0 radical (unpaired) electrons. The number of fused-ring (bicyclic) bond motifs is 1. The summed E-state index contributed by atoms with van der Waals surface area (Å²) >= 11 is 0.